The summed E-state index contributed by atoms with van der Waals surface area (Å²) in [6, 6.07) is 4.25. The lowest BCUT2D eigenvalue weighted by molar-refractivity contribution is 0.686. The summed E-state index contributed by atoms with van der Waals surface area (Å²) in [6.07, 6.45) is 0. The van der Waals surface area contributed by atoms with Crippen LogP contribution in [0.5, 0.6) is 0 Å². The van der Waals surface area contributed by atoms with Crippen LogP contribution in [-0.4, -0.2) is 18.1 Å². The molecule has 0 aromatic carbocycles. The third kappa shape index (κ3) is 4.62. The molecule has 90 valence electrons. The summed E-state index contributed by atoms with van der Waals surface area (Å²) in [7, 11) is 0. The second-order valence-corrected chi connectivity index (χ2v) is 4.56. The smallest absolute Gasteiger partial charge is 0.126 e. The van der Waals surface area contributed by atoms with E-state index in [1.54, 1.807) is 0 Å². The first-order valence-electron chi connectivity index (χ1n) is 6.04. The van der Waals surface area contributed by atoms with Crippen molar-refractivity contribution in [1.29, 1.82) is 0 Å². The standard InChI is InChI=1S/C13H23N3/c1-5-14-9-12-6-11(4)16-13(7-12)15-8-10(2)3/h6-7,10,14H,5,8-9H2,1-4H3,(H,15,16). The van der Waals surface area contributed by atoms with Crippen LogP contribution in [0, 0.1) is 12.8 Å². The van der Waals surface area contributed by atoms with E-state index in [0.29, 0.717) is 5.92 Å². The van der Waals surface area contributed by atoms with Gasteiger partial charge in [-0.3, -0.25) is 0 Å². The number of hydrogen-bond donors (Lipinski definition) is 2. The summed E-state index contributed by atoms with van der Waals surface area (Å²) >= 11 is 0. The van der Waals surface area contributed by atoms with Gasteiger partial charge in [-0.1, -0.05) is 20.8 Å². The molecule has 0 aliphatic heterocycles. The average molecular weight is 221 g/mol. The van der Waals surface area contributed by atoms with Crippen LogP contribution in [0.25, 0.3) is 0 Å². The summed E-state index contributed by atoms with van der Waals surface area (Å²) in [5.41, 5.74) is 2.36. The summed E-state index contributed by atoms with van der Waals surface area (Å²) in [4.78, 5) is 4.47. The molecule has 1 aromatic rings. The maximum atomic E-state index is 4.47. The Hall–Kier alpha value is -1.09. The Morgan fingerprint density at radius 1 is 1.31 bits per heavy atom. The van der Waals surface area contributed by atoms with Gasteiger partial charge in [0.2, 0.25) is 0 Å². The molecule has 1 heterocycles. The van der Waals surface area contributed by atoms with Gasteiger partial charge in [-0.25, -0.2) is 4.98 Å². The van der Waals surface area contributed by atoms with Gasteiger partial charge in [0.25, 0.3) is 0 Å². The SMILES string of the molecule is CCNCc1cc(C)nc(NCC(C)C)c1. The number of pyridine rings is 1. The van der Waals surface area contributed by atoms with Gasteiger partial charge >= 0.3 is 0 Å². The lowest BCUT2D eigenvalue weighted by atomic mass is 10.2. The molecule has 0 unspecified atom stereocenters. The number of hydrogen-bond acceptors (Lipinski definition) is 3. The zero-order valence-corrected chi connectivity index (χ0v) is 10.8. The molecule has 1 rings (SSSR count). The molecule has 16 heavy (non-hydrogen) atoms. The van der Waals surface area contributed by atoms with Crippen LogP contribution in [0.1, 0.15) is 32.0 Å². The Kier molecular flexibility index (Phi) is 5.26. The summed E-state index contributed by atoms with van der Waals surface area (Å²) in [6.45, 7) is 11.4. The van der Waals surface area contributed by atoms with E-state index in [1.807, 2.05) is 6.92 Å². The number of rotatable bonds is 6. The molecular weight excluding hydrogens is 198 g/mol. The third-order valence-electron chi connectivity index (χ3n) is 2.28. The second kappa shape index (κ2) is 6.48. The van der Waals surface area contributed by atoms with E-state index in [0.717, 1.165) is 31.1 Å². The summed E-state index contributed by atoms with van der Waals surface area (Å²) < 4.78 is 0. The van der Waals surface area contributed by atoms with Crippen molar-refractivity contribution >= 4 is 5.82 Å². The molecule has 0 aliphatic rings. The van der Waals surface area contributed by atoms with Crippen molar-refractivity contribution in [2.75, 3.05) is 18.4 Å². The van der Waals surface area contributed by atoms with E-state index in [9.17, 15) is 0 Å². The van der Waals surface area contributed by atoms with Gasteiger partial charge in [0.1, 0.15) is 5.82 Å². The molecular formula is C13H23N3. The summed E-state index contributed by atoms with van der Waals surface area (Å²) in [5, 5.41) is 6.69. The summed E-state index contributed by atoms with van der Waals surface area (Å²) in [5.74, 6) is 1.63. The van der Waals surface area contributed by atoms with Crippen LogP contribution in [0.15, 0.2) is 12.1 Å². The molecule has 0 fully saturated rings. The number of nitrogens with one attached hydrogen (secondary N) is 2. The van der Waals surface area contributed by atoms with Gasteiger partial charge in [-0.15, -0.1) is 0 Å². The molecule has 0 atom stereocenters. The van der Waals surface area contributed by atoms with Crippen LogP contribution < -0.4 is 10.6 Å². The minimum Gasteiger partial charge on any atom is -0.370 e. The lowest BCUT2D eigenvalue weighted by Crippen LogP contribution is -2.14. The van der Waals surface area contributed by atoms with Crippen molar-refractivity contribution in [3.8, 4) is 0 Å². The fourth-order valence-corrected chi connectivity index (χ4v) is 1.51. The number of aromatic nitrogens is 1. The molecule has 0 amide bonds. The predicted molar refractivity (Wildman–Crippen MR) is 69.7 cm³/mol. The zero-order chi connectivity index (χ0) is 12.0. The van der Waals surface area contributed by atoms with Crippen molar-refractivity contribution in [3.05, 3.63) is 23.4 Å². The van der Waals surface area contributed by atoms with E-state index >= 15 is 0 Å². The molecule has 0 saturated heterocycles. The van der Waals surface area contributed by atoms with Crippen LogP contribution in [0.4, 0.5) is 5.82 Å². The van der Waals surface area contributed by atoms with E-state index in [2.05, 4.69) is 48.5 Å². The normalized spacial score (nSPS) is 10.8. The van der Waals surface area contributed by atoms with Gasteiger partial charge in [0.15, 0.2) is 0 Å². The molecule has 2 N–H and O–H groups in total. The van der Waals surface area contributed by atoms with Gasteiger partial charge in [0.05, 0.1) is 0 Å². The first-order valence-corrected chi connectivity index (χ1v) is 6.04. The molecule has 3 heteroatoms. The van der Waals surface area contributed by atoms with Gasteiger partial charge in [-0.05, 0) is 37.1 Å². The molecule has 0 radical (unpaired) electrons. The third-order valence-corrected chi connectivity index (χ3v) is 2.28. The average Bonchev–Trinajstić information content (AvgIpc) is 2.23. The van der Waals surface area contributed by atoms with E-state index in [1.165, 1.54) is 5.56 Å². The lowest BCUT2D eigenvalue weighted by Gasteiger charge is -2.11. The topological polar surface area (TPSA) is 37.0 Å². The van der Waals surface area contributed by atoms with Gasteiger partial charge < -0.3 is 10.6 Å². The Balaban J connectivity index is 2.65. The van der Waals surface area contributed by atoms with Gasteiger partial charge in [-0.2, -0.15) is 0 Å². The first kappa shape index (κ1) is 13.0. The van der Waals surface area contributed by atoms with E-state index < -0.39 is 0 Å². The van der Waals surface area contributed by atoms with Crippen molar-refractivity contribution < 1.29 is 0 Å². The van der Waals surface area contributed by atoms with Crippen LogP contribution >= 0.6 is 0 Å². The Morgan fingerprint density at radius 3 is 2.69 bits per heavy atom. The number of aryl methyl sites for hydroxylation is 1. The van der Waals surface area contributed by atoms with Crippen molar-refractivity contribution in [3.63, 3.8) is 0 Å². The number of anilines is 1. The largest absolute Gasteiger partial charge is 0.370 e. The predicted octanol–water partition coefficient (Wildman–Crippen LogP) is 2.57. The Morgan fingerprint density at radius 2 is 2.06 bits per heavy atom. The zero-order valence-electron chi connectivity index (χ0n) is 10.8. The minimum absolute atomic E-state index is 0.638. The maximum absolute atomic E-state index is 4.47. The first-order chi connectivity index (χ1) is 7.61. The quantitative estimate of drug-likeness (QED) is 0.775. The Labute approximate surface area is 98.7 Å². The monoisotopic (exact) mass is 221 g/mol. The fraction of sp³-hybridized carbons (Fsp3) is 0.615. The highest BCUT2D eigenvalue weighted by molar-refractivity contribution is 5.39. The second-order valence-electron chi connectivity index (χ2n) is 4.56. The van der Waals surface area contributed by atoms with E-state index in [-0.39, 0.29) is 0 Å². The van der Waals surface area contributed by atoms with Crippen LogP contribution in [0.2, 0.25) is 0 Å². The minimum atomic E-state index is 0.638. The molecule has 0 aliphatic carbocycles. The highest BCUT2D eigenvalue weighted by atomic mass is 15.0. The van der Waals surface area contributed by atoms with E-state index in [4.69, 9.17) is 0 Å². The molecule has 0 saturated carbocycles. The molecule has 1 aromatic heterocycles. The van der Waals surface area contributed by atoms with Crippen molar-refractivity contribution in [2.45, 2.75) is 34.2 Å². The van der Waals surface area contributed by atoms with Crippen molar-refractivity contribution in [1.82, 2.24) is 10.3 Å². The van der Waals surface area contributed by atoms with Crippen LogP contribution in [-0.2, 0) is 6.54 Å². The highest BCUT2D eigenvalue weighted by Crippen LogP contribution is 2.10. The Bertz CT molecular complexity index is 321. The number of nitrogens with zero attached hydrogens (tertiary/aromatic N) is 1. The fourth-order valence-electron chi connectivity index (χ4n) is 1.51. The van der Waals surface area contributed by atoms with Gasteiger partial charge in [0, 0.05) is 18.8 Å². The highest BCUT2D eigenvalue weighted by Gasteiger charge is 2.00. The molecule has 0 spiro atoms. The molecule has 0 bridgehead atoms. The molecule has 3 nitrogen and oxygen atoms in total. The van der Waals surface area contributed by atoms with Crippen LogP contribution in [0.3, 0.4) is 0 Å². The maximum Gasteiger partial charge on any atom is 0.126 e. The van der Waals surface area contributed by atoms with Crippen molar-refractivity contribution in [2.24, 2.45) is 5.92 Å².